The van der Waals surface area contributed by atoms with Crippen LogP contribution in [0.3, 0.4) is 0 Å². The molecule has 0 saturated heterocycles. The molecular weight excluding hydrogens is 389 g/mol. The summed E-state index contributed by atoms with van der Waals surface area (Å²) >= 11 is 12.1. The number of esters is 1. The number of rotatable bonds is 4. The summed E-state index contributed by atoms with van der Waals surface area (Å²) in [5.41, 5.74) is 1.16. The molecule has 3 rings (SSSR count). The van der Waals surface area contributed by atoms with Crippen molar-refractivity contribution >= 4 is 52.4 Å². The Bertz CT molecular complexity index is 966. The molecule has 0 fully saturated rings. The summed E-state index contributed by atoms with van der Waals surface area (Å²) < 4.78 is 10.6. The second kappa shape index (κ2) is 7.25. The number of carbonyl (C=O) groups excluding carboxylic acids is 2. The second-order valence-corrected chi connectivity index (χ2v) is 7.36. The van der Waals surface area contributed by atoms with E-state index in [1.165, 1.54) is 7.11 Å². The van der Waals surface area contributed by atoms with E-state index in [4.69, 9.17) is 32.7 Å². The minimum Gasteiger partial charge on any atom is -0.476 e. The minimum absolute atomic E-state index is 0.259. The summed E-state index contributed by atoms with van der Waals surface area (Å²) in [7, 11) is 1.29. The van der Waals surface area contributed by atoms with Crippen LogP contribution in [0.5, 0.6) is 5.75 Å². The number of nitrogens with one attached hydrogen (secondary N) is 1. The first kappa shape index (κ1) is 19.3. The molecular formula is C20H17Cl2NO4. The lowest BCUT2D eigenvalue weighted by Crippen LogP contribution is -2.39. The zero-order valence-corrected chi connectivity index (χ0v) is 16.4. The molecule has 0 bridgehead atoms. The fourth-order valence-corrected chi connectivity index (χ4v) is 3.11. The van der Waals surface area contributed by atoms with Gasteiger partial charge in [0.2, 0.25) is 0 Å². The predicted molar refractivity (Wildman–Crippen MR) is 106 cm³/mol. The van der Waals surface area contributed by atoms with Crippen molar-refractivity contribution in [3.05, 3.63) is 57.6 Å². The molecule has 1 aliphatic heterocycles. The number of amides is 1. The Morgan fingerprint density at radius 1 is 1.11 bits per heavy atom. The van der Waals surface area contributed by atoms with E-state index < -0.39 is 11.6 Å². The zero-order valence-electron chi connectivity index (χ0n) is 14.9. The second-order valence-electron chi connectivity index (χ2n) is 6.49. The van der Waals surface area contributed by atoms with Gasteiger partial charge in [-0.3, -0.25) is 4.79 Å². The highest BCUT2D eigenvalue weighted by atomic mass is 35.5. The summed E-state index contributed by atoms with van der Waals surface area (Å²) in [6.45, 7) is 3.20. The van der Waals surface area contributed by atoms with Crippen LogP contribution in [-0.2, 0) is 14.3 Å². The highest BCUT2D eigenvalue weighted by molar-refractivity contribution is 6.37. The molecule has 1 N–H and O–H groups in total. The highest BCUT2D eigenvalue weighted by Crippen LogP contribution is 2.37. The van der Waals surface area contributed by atoms with Gasteiger partial charge >= 0.3 is 5.97 Å². The van der Waals surface area contributed by atoms with Crippen molar-refractivity contribution in [3.8, 4) is 5.75 Å². The maximum atomic E-state index is 12.4. The summed E-state index contributed by atoms with van der Waals surface area (Å²) in [5, 5.41) is 3.78. The standard InChI is InChI=1S/C20H17Cl2NO4/c1-20(2,19(25)26-3)27-17-7-5-12(21)8-11(17)9-15-14-6-4-13(22)10-16(14)23-18(15)24/h4-10H,1-3H3,(H,23,24). The number of hydrogen-bond acceptors (Lipinski definition) is 4. The number of halogens is 2. The van der Waals surface area contributed by atoms with Gasteiger partial charge in [0.25, 0.3) is 5.91 Å². The first-order chi connectivity index (χ1) is 12.7. The lowest BCUT2D eigenvalue weighted by molar-refractivity contribution is -0.156. The molecule has 1 amide bonds. The Balaban J connectivity index is 2.06. The largest absolute Gasteiger partial charge is 0.476 e. The molecule has 2 aromatic carbocycles. The van der Waals surface area contributed by atoms with Crippen molar-refractivity contribution in [1.82, 2.24) is 0 Å². The van der Waals surface area contributed by atoms with Crippen LogP contribution in [0.4, 0.5) is 5.69 Å². The van der Waals surface area contributed by atoms with Gasteiger partial charge in [0.15, 0.2) is 5.60 Å². The van der Waals surface area contributed by atoms with Crippen LogP contribution in [0.2, 0.25) is 10.0 Å². The smallest absolute Gasteiger partial charge is 0.349 e. The Kier molecular flexibility index (Phi) is 5.18. The van der Waals surface area contributed by atoms with Crippen LogP contribution < -0.4 is 10.1 Å². The van der Waals surface area contributed by atoms with Crippen LogP contribution >= 0.6 is 23.2 Å². The molecule has 27 heavy (non-hydrogen) atoms. The molecule has 0 unspecified atom stereocenters. The van der Waals surface area contributed by atoms with E-state index in [1.807, 2.05) is 0 Å². The topological polar surface area (TPSA) is 64.6 Å². The molecule has 1 heterocycles. The predicted octanol–water partition coefficient (Wildman–Crippen LogP) is 4.82. The molecule has 5 nitrogen and oxygen atoms in total. The Hall–Kier alpha value is -2.50. The van der Waals surface area contributed by atoms with E-state index in [0.29, 0.717) is 32.6 Å². The maximum Gasteiger partial charge on any atom is 0.349 e. The number of ether oxygens (including phenoxy) is 2. The molecule has 7 heteroatoms. The lowest BCUT2D eigenvalue weighted by atomic mass is 10.0. The Morgan fingerprint density at radius 3 is 2.48 bits per heavy atom. The first-order valence-corrected chi connectivity index (χ1v) is 8.87. The third-order valence-electron chi connectivity index (χ3n) is 4.08. The molecule has 0 aromatic heterocycles. The number of fused-ring (bicyclic) bond motifs is 1. The van der Waals surface area contributed by atoms with Crippen molar-refractivity contribution in [2.75, 3.05) is 12.4 Å². The van der Waals surface area contributed by atoms with Gasteiger partial charge < -0.3 is 14.8 Å². The van der Waals surface area contributed by atoms with Gasteiger partial charge in [0.1, 0.15) is 5.75 Å². The number of methoxy groups -OCH3 is 1. The highest BCUT2D eigenvalue weighted by Gasteiger charge is 2.32. The van der Waals surface area contributed by atoms with Gasteiger partial charge in [-0.05, 0) is 50.3 Å². The first-order valence-electron chi connectivity index (χ1n) is 8.11. The normalized spacial score (nSPS) is 14.7. The van der Waals surface area contributed by atoms with Gasteiger partial charge in [-0.25, -0.2) is 4.79 Å². The van der Waals surface area contributed by atoms with Crippen molar-refractivity contribution in [1.29, 1.82) is 0 Å². The van der Waals surface area contributed by atoms with Crippen LogP contribution in [0.15, 0.2) is 36.4 Å². The molecule has 2 aromatic rings. The number of carbonyl (C=O) groups is 2. The third kappa shape index (κ3) is 3.94. The average molecular weight is 406 g/mol. The van der Waals surface area contributed by atoms with Crippen LogP contribution in [0.1, 0.15) is 25.0 Å². The summed E-state index contributed by atoms with van der Waals surface area (Å²) in [6.07, 6.45) is 1.67. The van der Waals surface area contributed by atoms with Gasteiger partial charge in [-0.1, -0.05) is 29.3 Å². The average Bonchev–Trinajstić information content (AvgIpc) is 2.91. The van der Waals surface area contributed by atoms with Crippen molar-refractivity contribution in [2.24, 2.45) is 0 Å². The molecule has 0 saturated carbocycles. The monoisotopic (exact) mass is 405 g/mol. The Labute approximate surface area is 166 Å². The molecule has 140 valence electrons. The third-order valence-corrected chi connectivity index (χ3v) is 4.55. The number of anilines is 1. The Morgan fingerprint density at radius 2 is 1.78 bits per heavy atom. The molecule has 0 aliphatic carbocycles. The maximum absolute atomic E-state index is 12.4. The quantitative estimate of drug-likeness (QED) is 0.584. The molecule has 0 atom stereocenters. The van der Waals surface area contributed by atoms with Gasteiger partial charge in [-0.2, -0.15) is 0 Å². The van der Waals surface area contributed by atoms with Gasteiger partial charge in [-0.15, -0.1) is 0 Å². The summed E-state index contributed by atoms with van der Waals surface area (Å²) in [6, 6.07) is 10.1. The van der Waals surface area contributed by atoms with Crippen LogP contribution in [0, 0.1) is 0 Å². The fourth-order valence-electron chi connectivity index (χ4n) is 2.75. The van der Waals surface area contributed by atoms with Gasteiger partial charge in [0.05, 0.1) is 12.8 Å². The number of hydrogen-bond donors (Lipinski definition) is 1. The molecule has 1 aliphatic rings. The SMILES string of the molecule is COC(=O)C(C)(C)Oc1ccc(Cl)cc1C=C1C(=O)Nc2cc(Cl)ccc21. The van der Waals surface area contributed by atoms with Crippen LogP contribution in [0.25, 0.3) is 11.6 Å². The van der Waals surface area contributed by atoms with E-state index in [2.05, 4.69) is 5.32 Å². The van der Waals surface area contributed by atoms with E-state index in [9.17, 15) is 9.59 Å². The minimum atomic E-state index is -1.21. The lowest BCUT2D eigenvalue weighted by Gasteiger charge is -2.24. The van der Waals surface area contributed by atoms with Crippen LogP contribution in [-0.4, -0.2) is 24.6 Å². The number of benzene rings is 2. The fraction of sp³-hybridized carbons (Fsp3) is 0.200. The molecule has 0 spiro atoms. The summed E-state index contributed by atoms with van der Waals surface area (Å²) in [5.74, 6) is -0.377. The van der Waals surface area contributed by atoms with Crippen molar-refractivity contribution < 1.29 is 19.1 Å². The van der Waals surface area contributed by atoms with E-state index in [-0.39, 0.29) is 5.91 Å². The van der Waals surface area contributed by atoms with E-state index in [1.54, 1.807) is 56.3 Å². The zero-order chi connectivity index (χ0) is 19.8. The summed E-state index contributed by atoms with van der Waals surface area (Å²) in [4.78, 5) is 24.4. The van der Waals surface area contributed by atoms with Crippen molar-refractivity contribution in [2.45, 2.75) is 19.4 Å². The van der Waals surface area contributed by atoms with Gasteiger partial charge in [0, 0.05) is 26.7 Å². The van der Waals surface area contributed by atoms with E-state index in [0.717, 1.165) is 5.56 Å². The molecule has 0 radical (unpaired) electrons. The van der Waals surface area contributed by atoms with Crippen molar-refractivity contribution in [3.63, 3.8) is 0 Å². The van der Waals surface area contributed by atoms with E-state index >= 15 is 0 Å².